The van der Waals surface area contributed by atoms with E-state index in [1.54, 1.807) is 6.07 Å². The number of phenols is 1. The zero-order valence-corrected chi connectivity index (χ0v) is 26.8. The van der Waals surface area contributed by atoms with Gasteiger partial charge in [-0.1, -0.05) is 126 Å². The van der Waals surface area contributed by atoms with Gasteiger partial charge in [0.1, 0.15) is 17.1 Å². The molecule has 0 unspecified atom stereocenters. The first-order valence-electron chi connectivity index (χ1n) is 16.0. The second-order valence-corrected chi connectivity index (χ2v) is 12.8. The molecule has 0 bridgehead atoms. The summed E-state index contributed by atoms with van der Waals surface area (Å²) >= 11 is 0. The topological polar surface area (TPSA) is 62.3 Å². The van der Waals surface area contributed by atoms with E-state index in [0.717, 1.165) is 63.3 Å². The van der Waals surface area contributed by atoms with Gasteiger partial charge in [-0.05, 0) is 64.4 Å². The number of nitrogens with one attached hydrogen (secondary N) is 1. The quantitative estimate of drug-likeness (QED) is 0.129. The van der Waals surface area contributed by atoms with Crippen molar-refractivity contribution < 1.29 is 14.6 Å². The molecule has 0 aliphatic heterocycles. The third-order valence-corrected chi connectivity index (χ3v) is 9.04. The molecule has 0 spiro atoms. The van der Waals surface area contributed by atoms with Crippen molar-refractivity contribution in [2.24, 2.45) is 0 Å². The number of H-pyrrole nitrogens is 1. The molecular formula is C41H41NO3. The van der Waals surface area contributed by atoms with Crippen LogP contribution >= 0.6 is 0 Å². The van der Waals surface area contributed by atoms with E-state index in [9.17, 15) is 9.90 Å². The third-order valence-electron chi connectivity index (χ3n) is 9.04. The smallest absolute Gasteiger partial charge is 0.347 e. The summed E-state index contributed by atoms with van der Waals surface area (Å²) in [5.41, 5.74) is 6.46. The van der Waals surface area contributed by atoms with Crippen LogP contribution in [0.15, 0.2) is 103 Å². The van der Waals surface area contributed by atoms with E-state index in [1.807, 2.05) is 42.5 Å². The van der Waals surface area contributed by atoms with Crippen LogP contribution in [0.5, 0.6) is 11.5 Å². The van der Waals surface area contributed by atoms with Crippen LogP contribution in [0.25, 0.3) is 32.8 Å². The Morgan fingerprint density at radius 1 is 0.844 bits per heavy atom. The van der Waals surface area contributed by atoms with Crippen LogP contribution in [-0.4, -0.2) is 16.1 Å². The average molecular weight is 596 g/mol. The molecular weight excluding hydrogens is 554 g/mol. The van der Waals surface area contributed by atoms with Crippen molar-refractivity contribution in [3.63, 3.8) is 0 Å². The lowest BCUT2D eigenvalue weighted by molar-refractivity contribution is 0.0730. The van der Waals surface area contributed by atoms with E-state index in [-0.39, 0.29) is 17.2 Å². The SMILES string of the molecule is CCCCc1ccc2c(-c3c(C(C)(C)c4ccccc4)[nH]c4ccccc34)c(O)c(C(=O)Oc3ccccc3C(C)C)cc2c1. The molecule has 5 aromatic carbocycles. The summed E-state index contributed by atoms with van der Waals surface area (Å²) in [5.74, 6) is 0.0234. The molecule has 2 N–H and O–H groups in total. The van der Waals surface area contributed by atoms with Crippen molar-refractivity contribution in [3.05, 3.63) is 131 Å². The zero-order chi connectivity index (χ0) is 31.7. The minimum Gasteiger partial charge on any atom is -0.506 e. The molecule has 1 aromatic heterocycles. The lowest BCUT2D eigenvalue weighted by Crippen LogP contribution is -2.20. The fraction of sp³-hybridized carbons (Fsp3) is 0.244. The molecule has 0 aliphatic carbocycles. The van der Waals surface area contributed by atoms with Gasteiger partial charge in [-0.15, -0.1) is 0 Å². The van der Waals surface area contributed by atoms with E-state index in [4.69, 9.17) is 4.74 Å². The number of aromatic amines is 1. The molecule has 45 heavy (non-hydrogen) atoms. The number of aromatic nitrogens is 1. The average Bonchev–Trinajstić information content (AvgIpc) is 3.44. The fourth-order valence-electron chi connectivity index (χ4n) is 6.47. The number of hydrogen-bond donors (Lipinski definition) is 2. The third kappa shape index (κ3) is 5.62. The number of benzene rings is 5. The number of rotatable bonds is 9. The molecule has 0 aliphatic rings. The van der Waals surface area contributed by atoms with Gasteiger partial charge in [0, 0.05) is 33.1 Å². The highest BCUT2D eigenvalue weighted by Crippen LogP contribution is 2.48. The van der Waals surface area contributed by atoms with Crippen molar-refractivity contribution >= 4 is 27.6 Å². The molecule has 0 atom stereocenters. The first-order chi connectivity index (χ1) is 21.7. The maximum Gasteiger partial charge on any atom is 0.347 e. The maximum atomic E-state index is 14.0. The highest BCUT2D eigenvalue weighted by molar-refractivity contribution is 6.13. The molecule has 0 saturated heterocycles. The van der Waals surface area contributed by atoms with Crippen LogP contribution in [0.2, 0.25) is 0 Å². The predicted octanol–water partition coefficient (Wildman–Crippen LogP) is 10.7. The standard InChI is InChI=1S/C41H41NO3/c1-6-7-15-27-22-23-31-28(24-27)25-33(40(44)45-35-21-14-12-18-30(35)26(2)3)38(43)36(31)37-32-19-11-13-20-34(32)42-39(37)41(4,5)29-16-9-8-10-17-29/h8-14,16-26,42-43H,6-7,15H2,1-5H3. The predicted molar refractivity (Wildman–Crippen MR) is 186 cm³/mol. The Morgan fingerprint density at radius 2 is 1.56 bits per heavy atom. The van der Waals surface area contributed by atoms with E-state index >= 15 is 0 Å². The normalized spacial score (nSPS) is 11.9. The largest absolute Gasteiger partial charge is 0.506 e. The van der Waals surface area contributed by atoms with Gasteiger partial charge < -0.3 is 14.8 Å². The summed E-state index contributed by atoms with van der Waals surface area (Å²) in [6, 6.07) is 34.4. The van der Waals surface area contributed by atoms with Gasteiger partial charge in [0.2, 0.25) is 0 Å². The number of carbonyl (C=O) groups excluding carboxylic acids is 1. The molecule has 4 heteroatoms. The number of aromatic hydroxyl groups is 1. The summed E-state index contributed by atoms with van der Waals surface area (Å²) in [6.45, 7) is 10.7. The molecule has 228 valence electrons. The summed E-state index contributed by atoms with van der Waals surface area (Å²) in [5, 5.41) is 15.0. The van der Waals surface area contributed by atoms with Gasteiger partial charge in [0.05, 0.1) is 0 Å². The van der Waals surface area contributed by atoms with E-state index < -0.39 is 11.4 Å². The second-order valence-electron chi connectivity index (χ2n) is 12.8. The molecule has 0 radical (unpaired) electrons. The lowest BCUT2D eigenvalue weighted by Gasteiger charge is -2.27. The van der Waals surface area contributed by atoms with Gasteiger partial charge in [-0.25, -0.2) is 4.79 Å². The van der Waals surface area contributed by atoms with Crippen molar-refractivity contribution in [2.75, 3.05) is 0 Å². The number of unbranched alkanes of at least 4 members (excludes halogenated alkanes) is 1. The maximum absolute atomic E-state index is 14.0. The first kappa shape index (κ1) is 30.2. The molecule has 6 rings (SSSR count). The number of carbonyl (C=O) groups is 1. The van der Waals surface area contributed by atoms with Crippen LogP contribution in [0.1, 0.15) is 86.1 Å². The molecule has 6 aromatic rings. The fourth-order valence-corrected chi connectivity index (χ4v) is 6.47. The highest BCUT2D eigenvalue weighted by Gasteiger charge is 2.32. The Kier molecular flexibility index (Phi) is 8.24. The number of para-hydroxylation sites is 2. The van der Waals surface area contributed by atoms with Crippen molar-refractivity contribution in [2.45, 2.75) is 65.2 Å². The molecule has 1 heterocycles. The molecule has 0 saturated carbocycles. The highest BCUT2D eigenvalue weighted by atomic mass is 16.5. The molecule has 4 nitrogen and oxygen atoms in total. The van der Waals surface area contributed by atoms with Crippen LogP contribution in [-0.2, 0) is 11.8 Å². The summed E-state index contributed by atoms with van der Waals surface area (Å²) in [4.78, 5) is 17.7. The number of phenolic OH excluding ortho intramolecular Hbond substituents is 1. The van der Waals surface area contributed by atoms with Gasteiger partial charge >= 0.3 is 5.97 Å². The van der Waals surface area contributed by atoms with Crippen molar-refractivity contribution in [3.8, 4) is 22.6 Å². The first-order valence-corrected chi connectivity index (χ1v) is 16.0. The van der Waals surface area contributed by atoms with Crippen molar-refractivity contribution in [1.29, 1.82) is 0 Å². The lowest BCUT2D eigenvalue weighted by atomic mass is 9.77. The second kappa shape index (κ2) is 12.3. The monoisotopic (exact) mass is 595 g/mol. The number of ether oxygens (including phenoxy) is 1. The van der Waals surface area contributed by atoms with E-state index in [1.165, 1.54) is 5.56 Å². The van der Waals surface area contributed by atoms with Crippen molar-refractivity contribution in [1.82, 2.24) is 4.98 Å². The van der Waals surface area contributed by atoms with Crippen LogP contribution in [0, 0.1) is 0 Å². The van der Waals surface area contributed by atoms with Crippen LogP contribution in [0.4, 0.5) is 0 Å². The number of aryl methyl sites for hydroxylation is 1. The van der Waals surface area contributed by atoms with E-state index in [2.05, 4.69) is 94.2 Å². The Morgan fingerprint density at radius 3 is 2.31 bits per heavy atom. The summed E-state index contributed by atoms with van der Waals surface area (Å²) in [7, 11) is 0. The summed E-state index contributed by atoms with van der Waals surface area (Å²) < 4.78 is 6.04. The van der Waals surface area contributed by atoms with Gasteiger partial charge in [0.25, 0.3) is 0 Å². The number of hydrogen-bond acceptors (Lipinski definition) is 3. The Hall–Kier alpha value is -4.83. The summed E-state index contributed by atoms with van der Waals surface area (Å²) in [6.07, 6.45) is 3.12. The number of fused-ring (bicyclic) bond motifs is 2. The minimum atomic E-state index is -0.577. The number of esters is 1. The zero-order valence-electron chi connectivity index (χ0n) is 26.8. The Bertz CT molecular complexity index is 2000. The van der Waals surface area contributed by atoms with Gasteiger partial charge in [0.15, 0.2) is 0 Å². The minimum absolute atomic E-state index is 0.0781. The van der Waals surface area contributed by atoms with Crippen LogP contribution < -0.4 is 4.74 Å². The Labute approximate surface area is 265 Å². The van der Waals surface area contributed by atoms with Gasteiger partial charge in [-0.3, -0.25) is 0 Å². The van der Waals surface area contributed by atoms with Crippen LogP contribution in [0.3, 0.4) is 0 Å². The van der Waals surface area contributed by atoms with E-state index in [0.29, 0.717) is 11.3 Å². The van der Waals surface area contributed by atoms with Gasteiger partial charge in [-0.2, -0.15) is 0 Å². The molecule has 0 fully saturated rings. The Balaban J connectivity index is 1.63. The molecule has 0 amide bonds.